The highest BCUT2D eigenvalue weighted by atomic mass is 32.2. The van der Waals surface area contributed by atoms with Crippen molar-refractivity contribution in [2.24, 2.45) is 0 Å². The molecule has 3 aliphatic heterocycles. The second-order valence-corrected chi connectivity index (χ2v) is 10.4. The Labute approximate surface area is 128 Å². The van der Waals surface area contributed by atoms with Crippen molar-refractivity contribution < 1.29 is 4.74 Å². The Morgan fingerprint density at radius 1 is 0.778 bits per heavy atom. The van der Waals surface area contributed by atoms with Gasteiger partial charge in [-0.15, -0.1) is 11.8 Å². The van der Waals surface area contributed by atoms with Gasteiger partial charge in [-0.25, -0.2) is 0 Å². The van der Waals surface area contributed by atoms with E-state index in [9.17, 15) is 0 Å². The topological polar surface area (TPSA) is 9.23 Å². The largest absolute Gasteiger partial charge is 0.484 e. The number of allylic oxidation sites excluding steroid dienone is 2. The molecule has 4 aliphatic rings. The molecule has 0 saturated heterocycles. The summed E-state index contributed by atoms with van der Waals surface area (Å²) in [7, 11) is 0. The van der Waals surface area contributed by atoms with Crippen molar-refractivity contribution in [1.29, 1.82) is 0 Å². The lowest BCUT2D eigenvalue weighted by Crippen LogP contribution is -2.00. The smallest absolute Gasteiger partial charge is 0.178 e. The van der Waals surface area contributed by atoms with Gasteiger partial charge in [0.15, 0.2) is 5.09 Å². The summed E-state index contributed by atoms with van der Waals surface area (Å²) in [6.45, 7) is 0.870. The molecular formula is C12H12OS5. The van der Waals surface area contributed by atoms with E-state index in [1.807, 2.05) is 58.8 Å². The molecule has 0 saturated carbocycles. The van der Waals surface area contributed by atoms with Crippen LogP contribution in [-0.2, 0) is 4.74 Å². The van der Waals surface area contributed by atoms with Crippen molar-refractivity contribution in [3.8, 4) is 0 Å². The third-order valence-electron chi connectivity index (χ3n) is 3.05. The van der Waals surface area contributed by atoms with E-state index in [0.717, 1.165) is 17.5 Å². The van der Waals surface area contributed by atoms with Gasteiger partial charge in [0.05, 0.1) is 19.3 Å². The summed E-state index contributed by atoms with van der Waals surface area (Å²) < 4.78 is 10.1. The SMILES string of the molecule is C1CCC2=C(C1)SC(=C1SC3=C(SCCO3)S1)S2. The van der Waals surface area contributed by atoms with E-state index in [2.05, 4.69) is 0 Å². The zero-order valence-corrected chi connectivity index (χ0v) is 13.8. The van der Waals surface area contributed by atoms with E-state index in [0.29, 0.717) is 0 Å². The van der Waals surface area contributed by atoms with Crippen molar-refractivity contribution in [1.82, 2.24) is 0 Å². The van der Waals surface area contributed by atoms with E-state index in [1.165, 1.54) is 38.4 Å². The maximum absolute atomic E-state index is 5.74. The number of ether oxygens (including phenoxy) is 1. The van der Waals surface area contributed by atoms with E-state index in [4.69, 9.17) is 4.74 Å². The van der Waals surface area contributed by atoms with Crippen LogP contribution in [0.5, 0.6) is 0 Å². The van der Waals surface area contributed by atoms with Crippen LogP contribution in [0.1, 0.15) is 25.7 Å². The molecule has 3 heterocycles. The predicted molar refractivity (Wildman–Crippen MR) is 88.3 cm³/mol. The molecule has 0 N–H and O–H groups in total. The average molecular weight is 333 g/mol. The van der Waals surface area contributed by atoms with Crippen LogP contribution in [0.3, 0.4) is 0 Å². The van der Waals surface area contributed by atoms with Crippen molar-refractivity contribution in [2.45, 2.75) is 25.7 Å². The monoisotopic (exact) mass is 332 g/mol. The minimum atomic E-state index is 0.870. The summed E-state index contributed by atoms with van der Waals surface area (Å²) in [5, 5.41) is 1.16. The van der Waals surface area contributed by atoms with Crippen LogP contribution in [-0.4, -0.2) is 12.4 Å². The Kier molecular flexibility index (Phi) is 3.67. The first-order valence-corrected chi connectivity index (χ1v) is 10.3. The van der Waals surface area contributed by atoms with Crippen molar-refractivity contribution in [2.75, 3.05) is 12.4 Å². The molecule has 0 aromatic heterocycles. The molecule has 0 amide bonds. The molecule has 4 rings (SSSR count). The third-order valence-corrected chi connectivity index (χ3v) is 10.2. The normalized spacial score (nSPS) is 27.6. The molecule has 0 bridgehead atoms. The maximum Gasteiger partial charge on any atom is 0.178 e. The molecule has 1 nitrogen and oxygen atoms in total. The Morgan fingerprint density at radius 3 is 2.22 bits per heavy atom. The summed E-state index contributed by atoms with van der Waals surface area (Å²) in [5.41, 5.74) is 0. The lowest BCUT2D eigenvalue weighted by Gasteiger charge is -2.11. The van der Waals surface area contributed by atoms with Gasteiger partial charge < -0.3 is 4.74 Å². The highest BCUT2D eigenvalue weighted by molar-refractivity contribution is 8.38. The van der Waals surface area contributed by atoms with Crippen LogP contribution in [0.25, 0.3) is 0 Å². The van der Waals surface area contributed by atoms with Crippen molar-refractivity contribution >= 4 is 58.8 Å². The van der Waals surface area contributed by atoms with Crippen molar-refractivity contribution in [3.63, 3.8) is 0 Å². The lowest BCUT2D eigenvalue weighted by molar-refractivity contribution is 0.259. The van der Waals surface area contributed by atoms with Gasteiger partial charge in [-0.3, -0.25) is 0 Å². The first-order valence-electron chi connectivity index (χ1n) is 6.08. The van der Waals surface area contributed by atoms with E-state index < -0.39 is 0 Å². The Hall–Kier alpha value is 0.770. The molecule has 96 valence electrons. The summed E-state index contributed by atoms with van der Waals surface area (Å²) >= 11 is 9.78. The fraction of sp³-hybridized carbons (Fsp3) is 0.500. The molecular weight excluding hydrogens is 320 g/mol. The van der Waals surface area contributed by atoms with Crippen LogP contribution >= 0.6 is 58.8 Å². The van der Waals surface area contributed by atoms with E-state index >= 15 is 0 Å². The zero-order valence-electron chi connectivity index (χ0n) is 9.69. The Morgan fingerprint density at radius 2 is 1.50 bits per heavy atom. The van der Waals surface area contributed by atoms with Gasteiger partial charge in [-0.2, -0.15) is 0 Å². The van der Waals surface area contributed by atoms with Gasteiger partial charge in [0.2, 0.25) is 0 Å². The number of hydrogen-bond acceptors (Lipinski definition) is 6. The molecule has 0 atom stereocenters. The van der Waals surface area contributed by atoms with Crippen LogP contribution in [0.2, 0.25) is 0 Å². The molecule has 0 fully saturated rings. The summed E-state index contributed by atoms with van der Waals surface area (Å²) in [4.78, 5) is 3.29. The molecule has 0 aromatic rings. The predicted octanol–water partition coefficient (Wildman–Crippen LogP) is 5.75. The average Bonchev–Trinajstić information content (AvgIpc) is 3.02. The van der Waals surface area contributed by atoms with Crippen LogP contribution in [0.4, 0.5) is 0 Å². The van der Waals surface area contributed by atoms with E-state index in [-0.39, 0.29) is 0 Å². The summed E-state index contributed by atoms with van der Waals surface area (Å²) in [5.74, 6) is 1.10. The zero-order chi connectivity index (χ0) is 11.9. The van der Waals surface area contributed by atoms with Crippen LogP contribution in [0, 0.1) is 0 Å². The fourth-order valence-corrected chi connectivity index (χ4v) is 9.24. The first kappa shape index (κ1) is 12.5. The van der Waals surface area contributed by atoms with E-state index in [1.54, 1.807) is 9.81 Å². The van der Waals surface area contributed by atoms with Gasteiger partial charge >= 0.3 is 0 Å². The molecule has 1 aliphatic carbocycles. The molecule has 6 heteroatoms. The van der Waals surface area contributed by atoms with Gasteiger partial charge in [-0.05, 0) is 37.4 Å². The highest BCUT2D eigenvalue weighted by Crippen LogP contribution is 2.64. The van der Waals surface area contributed by atoms with Gasteiger partial charge in [0.25, 0.3) is 0 Å². The third kappa shape index (κ3) is 2.28. The fourth-order valence-electron chi connectivity index (χ4n) is 2.20. The number of rotatable bonds is 0. The Balaban J connectivity index is 1.54. The minimum Gasteiger partial charge on any atom is -0.484 e. The summed E-state index contributed by atoms with van der Waals surface area (Å²) in [6, 6.07) is 0. The summed E-state index contributed by atoms with van der Waals surface area (Å²) in [6.07, 6.45) is 5.36. The van der Waals surface area contributed by atoms with Gasteiger partial charge in [-0.1, -0.05) is 35.3 Å². The molecule has 0 spiro atoms. The number of hydrogen-bond donors (Lipinski definition) is 0. The standard InChI is InChI=1S/C12H12OS5/c1-2-4-8-7(3-1)15-11(16-8)12-17-9-10(18-12)14-6-5-13-9/h1-6H2. The Bertz CT molecular complexity index is 407. The highest BCUT2D eigenvalue weighted by Gasteiger charge is 2.32. The quantitative estimate of drug-likeness (QED) is 0.554. The second kappa shape index (κ2) is 5.28. The maximum atomic E-state index is 5.74. The molecule has 18 heavy (non-hydrogen) atoms. The molecule has 0 unspecified atom stereocenters. The second-order valence-electron chi connectivity index (χ2n) is 4.31. The van der Waals surface area contributed by atoms with Gasteiger partial charge in [0, 0.05) is 15.6 Å². The van der Waals surface area contributed by atoms with Crippen LogP contribution < -0.4 is 0 Å². The van der Waals surface area contributed by atoms with Crippen LogP contribution in [0.15, 0.2) is 27.6 Å². The van der Waals surface area contributed by atoms with Crippen molar-refractivity contribution in [3.05, 3.63) is 27.6 Å². The first-order chi connectivity index (χ1) is 8.90. The minimum absolute atomic E-state index is 0.870. The van der Waals surface area contributed by atoms with Gasteiger partial charge in [0.1, 0.15) is 0 Å². The lowest BCUT2D eigenvalue weighted by atomic mass is 10.1. The molecule has 0 radical (unpaired) electrons. The number of thioether (sulfide) groups is 5. The molecule has 0 aromatic carbocycles.